The van der Waals surface area contributed by atoms with E-state index < -0.39 is 10.0 Å². The normalized spacial score (nSPS) is 11.2. The molecule has 0 spiro atoms. The zero-order chi connectivity index (χ0) is 20.0. The van der Waals surface area contributed by atoms with Gasteiger partial charge in [-0.05, 0) is 42.3 Å². The fourth-order valence-corrected chi connectivity index (χ4v) is 4.47. The molecule has 1 N–H and O–H groups in total. The van der Waals surface area contributed by atoms with Crippen molar-refractivity contribution in [3.05, 3.63) is 64.7 Å². The summed E-state index contributed by atoms with van der Waals surface area (Å²) < 4.78 is 27.0. The Balaban J connectivity index is 2.24. The molecule has 0 radical (unpaired) electrons. The average molecular weight is 385 g/mol. The van der Waals surface area contributed by atoms with Gasteiger partial charge in [0.15, 0.2) is 0 Å². The van der Waals surface area contributed by atoms with Crippen LogP contribution in [0.15, 0.2) is 47.4 Å². The third-order valence-electron chi connectivity index (χ3n) is 4.28. The number of hydrogen-bond donors (Lipinski definition) is 1. The molecule has 0 aromatic heterocycles. The molecular formula is C20H23N3O3S. The van der Waals surface area contributed by atoms with E-state index in [1.54, 1.807) is 51.1 Å². The second-order valence-electron chi connectivity index (χ2n) is 6.06. The molecule has 0 saturated carbocycles. The topological polar surface area (TPSA) is 90.3 Å². The Kier molecular flexibility index (Phi) is 6.72. The molecule has 27 heavy (non-hydrogen) atoms. The van der Waals surface area contributed by atoms with Gasteiger partial charge in [-0.3, -0.25) is 4.79 Å². The zero-order valence-corrected chi connectivity index (χ0v) is 16.5. The lowest BCUT2D eigenvalue weighted by Crippen LogP contribution is -2.31. The maximum atomic E-state index is 12.8. The first kappa shape index (κ1) is 20.6. The van der Waals surface area contributed by atoms with Crippen LogP contribution in [0.3, 0.4) is 0 Å². The Hall–Kier alpha value is -2.69. The number of nitriles is 1. The van der Waals surface area contributed by atoms with Crippen molar-refractivity contribution in [2.75, 3.05) is 13.1 Å². The monoisotopic (exact) mass is 385 g/mol. The van der Waals surface area contributed by atoms with Gasteiger partial charge in [-0.2, -0.15) is 9.57 Å². The fraction of sp³-hybridized carbons (Fsp3) is 0.300. The van der Waals surface area contributed by atoms with E-state index in [9.17, 15) is 13.2 Å². The first-order valence-corrected chi connectivity index (χ1v) is 10.2. The van der Waals surface area contributed by atoms with Gasteiger partial charge in [-0.25, -0.2) is 8.42 Å². The highest BCUT2D eigenvalue weighted by Crippen LogP contribution is 2.21. The van der Waals surface area contributed by atoms with Gasteiger partial charge in [0.1, 0.15) is 0 Å². The summed E-state index contributed by atoms with van der Waals surface area (Å²) in [4.78, 5) is 12.6. The molecule has 0 aliphatic carbocycles. The van der Waals surface area contributed by atoms with Crippen molar-refractivity contribution in [1.29, 1.82) is 5.26 Å². The molecule has 7 heteroatoms. The zero-order valence-electron chi connectivity index (χ0n) is 15.7. The number of hydrogen-bond acceptors (Lipinski definition) is 4. The minimum atomic E-state index is -3.65. The van der Waals surface area contributed by atoms with E-state index in [1.165, 1.54) is 10.4 Å². The summed E-state index contributed by atoms with van der Waals surface area (Å²) in [5, 5.41) is 11.7. The summed E-state index contributed by atoms with van der Waals surface area (Å²) in [6.45, 7) is 6.25. The van der Waals surface area contributed by atoms with E-state index in [2.05, 4.69) is 11.4 Å². The highest BCUT2D eigenvalue weighted by Gasteiger charge is 2.24. The van der Waals surface area contributed by atoms with Gasteiger partial charge in [0.2, 0.25) is 10.0 Å². The van der Waals surface area contributed by atoms with Gasteiger partial charge in [0.05, 0.1) is 16.5 Å². The molecule has 2 aromatic carbocycles. The summed E-state index contributed by atoms with van der Waals surface area (Å²) >= 11 is 0. The van der Waals surface area contributed by atoms with E-state index in [-0.39, 0.29) is 22.9 Å². The van der Waals surface area contributed by atoms with Crippen molar-refractivity contribution in [3.8, 4) is 6.07 Å². The molecule has 0 unspecified atom stereocenters. The van der Waals surface area contributed by atoms with Gasteiger partial charge < -0.3 is 5.32 Å². The first-order chi connectivity index (χ1) is 12.8. The van der Waals surface area contributed by atoms with Crippen molar-refractivity contribution in [2.24, 2.45) is 0 Å². The van der Waals surface area contributed by atoms with E-state index in [4.69, 9.17) is 5.26 Å². The number of benzene rings is 2. The van der Waals surface area contributed by atoms with Gasteiger partial charge in [-0.1, -0.05) is 32.0 Å². The quantitative estimate of drug-likeness (QED) is 0.793. The smallest absolute Gasteiger partial charge is 0.251 e. The Morgan fingerprint density at radius 1 is 1.15 bits per heavy atom. The van der Waals surface area contributed by atoms with Gasteiger partial charge in [0.25, 0.3) is 5.91 Å². The second-order valence-corrected chi connectivity index (χ2v) is 7.97. The summed E-state index contributed by atoms with van der Waals surface area (Å²) in [5.74, 6) is -0.367. The van der Waals surface area contributed by atoms with Crippen molar-refractivity contribution in [3.63, 3.8) is 0 Å². The minimum absolute atomic E-state index is 0.144. The van der Waals surface area contributed by atoms with Crippen LogP contribution in [-0.4, -0.2) is 31.7 Å². The lowest BCUT2D eigenvalue weighted by molar-refractivity contribution is 0.0950. The largest absolute Gasteiger partial charge is 0.348 e. The molecule has 142 valence electrons. The van der Waals surface area contributed by atoms with E-state index in [0.717, 1.165) is 5.56 Å². The highest BCUT2D eigenvalue weighted by molar-refractivity contribution is 7.89. The molecule has 0 saturated heterocycles. The van der Waals surface area contributed by atoms with Crippen molar-refractivity contribution in [2.45, 2.75) is 32.2 Å². The van der Waals surface area contributed by atoms with Crippen LogP contribution in [0.25, 0.3) is 0 Å². The lowest BCUT2D eigenvalue weighted by atomic mass is 10.1. The van der Waals surface area contributed by atoms with Crippen LogP contribution in [0.5, 0.6) is 0 Å². The van der Waals surface area contributed by atoms with E-state index >= 15 is 0 Å². The molecule has 6 nitrogen and oxygen atoms in total. The molecule has 0 bridgehead atoms. The molecule has 0 heterocycles. The Labute approximate surface area is 160 Å². The molecule has 1 amide bonds. The number of carbonyl (C=O) groups is 1. The van der Waals surface area contributed by atoms with Crippen molar-refractivity contribution >= 4 is 15.9 Å². The summed E-state index contributed by atoms with van der Waals surface area (Å²) in [6.07, 6.45) is 0. The minimum Gasteiger partial charge on any atom is -0.348 e. The highest BCUT2D eigenvalue weighted by atomic mass is 32.2. The summed E-state index contributed by atoms with van der Waals surface area (Å²) in [5.41, 5.74) is 2.19. The van der Waals surface area contributed by atoms with Crippen LogP contribution in [-0.2, 0) is 16.6 Å². The Morgan fingerprint density at radius 2 is 1.85 bits per heavy atom. The fourth-order valence-electron chi connectivity index (χ4n) is 2.76. The van der Waals surface area contributed by atoms with Crippen LogP contribution in [0, 0.1) is 18.3 Å². The Bertz CT molecular complexity index is 974. The molecule has 0 aliphatic rings. The maximum Gasteiger partial charge on any atom is 0.251 e. The van der Waals surface area contributed by atoms with Crippen LogP contribution in [0.2, 0.25) is 0 Å². The summed E-state index contributed by atoms with van der Waals surface area (Å²) in [7, 11) is -3.65. The number of sulfonamides is 1. The molecule has 0 aliphatic heterocycles. The van der Waals surface area contributed by atoms with Gasteiger partial charge in [0, 0.05) is 25.2 Å². The van der Waals surface area contributed by atoms with E-state index in [1.807, 2.05) is 6.07 Å². The molecule has 0 fully saturated rings. The second kappa shape index (κ2) is 8.80. The number of nitrogens with one attached hydrogen (secondary N) is 1. The van der Waals surface area contributed by atoms with Crippen molar-refractivity contribution < 1.29 is 13.2 Å². The van der Waals surface area contributed by atoms with Crippen LogP contribution < -0.4 is 5.32 Å². The third kappa shape index (κ3) is 4.73. The number of rotatable bonds is 7. The van der Waals surface area contributed by atoms with Crippen LogP contribution >= 0.6 is 0 Å². The summed E-state index contributed by atoms with van der Waals surface area (Å²) in [6, 6.07) is 13.7. The number of amides is 1. The molecule has 2 rings (SSSR count). The van der Waals surface area contributed by atoms with Crippen molar-refractivity contribution in [1.82, 2.24) is 9.62 Å². The average Bonchev–Trinajstić information content (AvgIpc) is 2.67. The lowest BCUT2D eigenvalue weighted by Gasteiger charge is -2.20. The maximum absolute atomic E-state index is 12.8. The number of carbonyl (C=O) groups excluding carboxylic acids is 1. The molecule has 2 aromatic rings. The van der Waals surface area contributed by atoms with E-state index in [0.29, 0.717) is 24.2 Å². The van der Waals surface area contributed by atoms with Gasteiger partial charge >= 0.3 is 0 Å². The Morgan fingerprint density at radius 3 is 2.48 bits per heavy atom. The predicted octanol–water partition coefficient (Wildman–Crippen LogP) is 2.83. The SMILES string of the molecule is CCN(CC)S(=O)(=O)c1cc(C(=O)NCc2cccc(C#N)c2)ccc1C. The first-order valence-electron chi connectivity index (χ1n) is 8.71. The van der Waals surface area contributed by atoms with Crippen LogP contribution in [0.1, 0.15) is 40.9 Å². The number of nitrogens with zero attached hydrogens (tertiary/aromatic N) is 2. The molecular weight excluding hydrogens is 362 g/mol. The van der Waals surface area contributed by atoms with Gasteiger partial charge in [-0.15, -0.1) is 0 Å². The predicted molar refractivity (Wildman–Crippen MR) is 104 cm³/mol. The van der Waals surface area contributed by atoms with Crippen LogP contribution in [0.4, 0.5) is 0 Å². The standard InChI is InChI=1S/C20H23N3O3S/c1-4-23(5-2)27(25,26)19-12-18(10-9-15(19)3)20(24)22-14-17-8-6-7-16(11-17)13-21/h6-12H,4-5,14H2,1-3H3,(H,22,24). The third-order valence-corrected chi connectivity index (χ3v) is 6.47. The number of aryl methyl sites for hydroxylation is 1. The molecule has 0 atom stereocenters.